The van der Waals surface area contributed by atoms with Crippen LogP contribution in [0.3, 0.4) is 0 Å². The van der Waals surface area contributed by atoms with Crippen LogP contribution in [0, 0.1) is 5.82 Å². The van der Waals surface area contributed by atoms with Crippen molar-refractivity contribution in [3.05, 3.63) is 17.9 Å². The maximum Gasteiger partial charge on any atom is 0.409 e. The maximum atomic E-state index is 13.5. The highest BCUT2D eigenvalue weighted by Gasteiger charge is 2.18. The molecule has 0 aliphatic carbocycles. The number of amides is 1. The standard InChI is InChI=1S/C9H10FNO5S/c1-16-7-4-5(17(2,14)15)3-6(10)8(7)11-9(12)13/h3-4,11H,1-2H3,(H,12,13). The van der Waals surface area contributed by atoms with Crippen LogP contribution in [-0.2, 0) is 9.84 Å². The first-order valence-corrected chi connectivity index (χ1v) is 6.22. The Morgan fingerprint density at radius 1 is 1.47 bits per heavy atom. The number of methoxy groups -OCH3 is 1. The van der Waals surface area contributed by atoms with E-state index in [-0.39, 0.29) is 10.6 Å². The minimum atomic E-state index is -3.60. The Bertz CT molecular complexity index is 555. The average Bonchev–Trinajstić information content (AvgIpc) is 2.18. The minimum absolute atomic E-state index is 0.201. The van der Waals surface area contributed by atoms with Crippen LogP contribution in [-0.4, -0.2) is 33.0 Å². The van der Waals surface area contributed by atoms with Crippen LogP contribution in [0.25, 0.3) is 0 Å². The van der Waals surface area contributed by atoms with E-state index >= 15 is 0 Å². The van der Waals surface area contributed by atoms with Gasteiger partial charge in [0.15, 0.2) is 15.7 Å². The second-order valence-electron chi connectivity index (χ2n) is 3.18. The van der Waals surface area contributed by atoms with Crippen LogP contribution >= 0.6 is 0 Å². The summed E-state index contributed by atoms with van der Waals surface area (Å²) >= 11 is 0. The quantitative estimate of drug-likeness (QED) is 0.858. The van der Waals surface area contributed by atoms with Gasteiger partial charge in [0, 0.05) is 12.3 Å². The zero-order valence-corrected chi connectivity index (χ0v) is 9.84. The lowest BCUT2D eigenvalue weighted by atomic mass is 10.3. The summed E-state index contributed by atoms with van der Waals surface area (Å²) in [5, 5.41) is 10.3. The normalized spacial score (nSPS) is 11.0. The molecule has 0 unspecified atom stereocenters. The van der Waals surface area contributed by atoms with Crippen molar-refractivity contribution in [3.8, 4) is 5.75 Å². The summed E-state index contributed by atoms with van der Waals surface area (Å²) in [6.45, 7) is 0. The van der Waals surface area contributed by atoms with Crippen LogP contribution in [0.5, 0.6) is 5.75 Å². The number of hydrogen-bond donors (Lipinski definition) is 2. The SMILES string of the molecule is COc1cc(S(C)(=O)=O)cc(F)c1NC(=O)O. The van der Waals surface area contributed by atoms with Crippen molar-refractivity contribution in [1.29, 1.82) is 0 Å². The van der Waals surface area contributed by atoms with E-state index in [9.17, 15) is 17.6 Å². The molecule has 1 rings (SSSR count). The van der Waals surface area contributed by atoms with E-state index in [1.807, 2.05) is 0 Å². The fourth-order valence-electron chi connectivity index (χ4n) is 1.16. The van der Waals surface area contributed by atoms with Gasteiger partial charge >= 0.3 is 6.09 Å². The largest absolute Gasteiger partial charge is 0.494 e. The van der Waals surface area contributed by atoms with Crippen molar-refractivity contribution in [2.75, 3.05) is 18.7 Å². The average molecular weight is 263 g/mol. The lowest BCUT2D eigenvalue weighted by molar-refractivity contribution is 0.209. The molecule has 0 aliphatic heterocycles. The summed E-state index contributed by atoms with van der Waals surface area (Å²) in [5.74, 6) is -1.22. The van der Waals surface area contributed by atoms with Crippen molar-refractivity contribution >= 4 is 21.6 Å². The van der Waals surface area contributed by atoms with Crippen molar-refractivity contribution in [2.24, 2.45) is 0 Å². The van der Waals surface area contributed by atoms with Gasteiger partial charge in [-0.1, -0.05) is 0 Å². The van der Waals surface area contributed by atoms with Crippen LogP contribution in [0.1, 0.15) is 0 Å². The second-order valence-corrected chi connectivity index (χ2v) is 5.20. The van der Waals surface area contributed by atoms with Gasteiger partial charge in [-0.25, -0.2) is 17.6 Å². The van der Waals surface area contributed by atoms with Crippen molar-refractivity contribution in [3.63, 3.8) is 0 Å². The Morgan fingerprint density at radius 3 is 2.47 bits per heavy atom. The minimum Gasteiger partial charge on any atom is -0.494 e. The number of nitrogens with one attached hydrogen (secondary N) is 1. The van der Waals surface area contributed by atoms with Gasteiger partial charge in [0.05, 0.1) is 12.0 Å². The lowest BCUT2D eigenvalue weighted by Gasteiger charge is -2.10. The fraction of sp³-hybridized carbons (Fsp3) is 0.222. The molecule has 2 N–H and O–H groups in total. The summed E-state index contributed by atoms with van der Waals surface area (Å²) in [7, 11) is -2.42. The topological polar surface area (TPSA) is 92.7 Å². The Hall–Kier alpha value is -1.83. The third kappa shape index (κ3) is 3.06. The highest BCUT2D eigenvalue weighted by molar-refractivity contribution is 7.90. The zero-order valence-electron chi connectivity index (χ0n) is 9.02. The molecule has 0 fully saturated rings. The number of carboxylic acid groups (broad SMARTS) is 1. The van der Waals surface area contributed by atoms with Gasteiger partial charge in [-0.15, -0.1) is 0 Å². The van der Waals surface area contributed by atoms with Crippen LogP contribution < -0.4 is 10.1 Å². The summed E-state index contributed by atoms with van der Waals surface area (Å²) in [5.41, 5.74) is -0.424. The van der Waals surface area contributed by atoms with E-state index in [0.717, 1.165) is 18.4 Å². The third-order valence-corrected chi connectivity index (χ3v) is 3.00. The van der Waals surface area contributed by atoms with Gasteiger partial charge in [-0.05, 0) is 6.07 Å². The molecule has 17 heavy (non-hydrogen) atoms. The molecule has 0 spiro atoms. The first-order chi connectivity index (χ1) is 7.75. The predicted molar refractivity (Wildman–Crippen MR) is 57.7 cm³/mol. The molecule has 0 saturated carbocycles. The van der Waals surface area contributed by atoms with Gasteiger partial charge in [-0.2, -0.15) is 0 Å². The summed E-state index contributed by atoms with van der Waals surface area (Å²) < 4.78 is 40.7. The molecule has 94 valence electrons. The number of halogens is 1. The predicted octanol–water partition coefficient (Wildman–Crippen LogP) is 1.33. The number of hydrogen-bond acceptors (Lipinski definition) is 4. The molecule has 0 saturated heterocycles. The number of carbonyl (C=O) groups is 1. The Morgan fingerprint density at radius 2 is 2.06 bits per heavy atom. The number of sulfone groups is 1. The molecule has 1 amide bonds. The smallest absolute Gasteiger partial charge is 0.409 e. The highest BCUT2D eigenvalue weighted by Crippen LogP contribution is 2.30. The molecular weight excluding hydrogens is 253 g/mol. The molecular formula is C9H10FNO5S. The zero-order chi connectivity index (χ0) is 13.2. The Kier molecular flexibility index (Phi) is 3.56. The van der Waals surface area contributed by atoms with Crippen molar-refractivity contribution < 1.29 is 27.4 Å². The lowest BCUT2D eigenvalue weighted by Crippen LogP contribution is -2.11. The summed E-state index contributed by atoms with van der Waals surface area (Å²) in [6, 6.07) is 1.77. The molecule has 1 aromatic rings. The molecule has 8 heteroatoms. The molecule has 0 radical (unpaired) electrons. The third-order valence-electron chi connectivity index (χ3n) is 1.91. The van der Waals surface area contributed by atoms with Crippen LogP contribution in [0.15, 0.2) is 17.0 Å². The number of ether oxygens (including phenoxy) is 1. The highest BCUT2D eigenvalue weighted by atomic mass is 32.2. The Balaban J connectivity index is 3.41. The van der Waals surface area contributed by atoms with E-state index < -0.39 is 27.4 Å². The van der Waals surface area contributed by atoms with Gasteiger partial charge in [-0.3, -0.25) is 5.32 Å². The first-order valence-electron chi connectivity index (χ1n) is 4.33. The molecule has 0 atom stereocenters. The summed E-state index contributed by atoms with van der Waals surface area (Å²) in [6.07, 6.45) is -0.569. The van der Waals surface area contributed by atoms with Gasteiger partial charge in [0.1, 0.15) is 11.4 Å². The summed E-state index contributed by atoms with van der Waals surface area (Å²) in [4.78, 5) is 10.1. The molecule has 0 aliphatic rings. The molecule has 0 heterocycles. The van der Waals surface area contributed by atoms with Crippen LogP contribution in [0.4, 0.5) is 14.9 Å². The van der Waals surface area contributed by atoms with E-state index in [1.165, 1.54) is 7.11 Å². The van der Waals surface area contributed by atoms with E-state index in [0.29, 0.717) is 0 Å². The van der Waals surface area contributed by atoms with Gasteiger partial charge in [0.2, 0.25) is 0 Å². The van der Waals surface area contributed by atoms with Crippen LogP contribution in [0.2, 0.25) is 0 Å². The van der Waals surface area contributed by atoms with Gasteiger partial charge in [0.25, 0.3) is 0 Å². The van der Waals surface area contributed by atoms with E-state index in [4.69, 9.17) is 9.84 Å². The van der Waals surface area contributed by atoms with Gasteiger partial charge < -0.3 is 9.84 Å². The maximum absolute atomic E-state index is 13.5. The Labute approximate surface area is 96.9 Å². The fourth-order valence-corrected chi connectivity index (χ4v) is 1.80. The molecule has 6 nitrogen and oxygen atoms in total. The van der Waals surface area contributed by atoms with Crippen molar-refractivity contribution in [1.82, 2.24) is 0 Å². The van der Waals surface area contributed by atoms with Crippen molar-refractivity contribution in [2.45, 2.75) is 4.90 Å². The monoisotopic (exact) mass is 263 g/mol. The molecule has 0 aromatic heterocycles. The second kappa shape index (κ2) is 4.58. The van der Waals surface area contributed by atoms with E-state index in [2.05, 4.69) is 0 Å². The first kappa shape index (κ1) is 13.2. The number of benzene rings is 1. The number of rotatable bonds is 3. The number of anilines is 1. The molecule has 1 aromatic carbocycles. The van der Waals surface area contributed by atoms with E-state index in [1.54, 1.807) is 5.32 Å². The molecule has 0 bridgehead atoms.